The summed E-state index contributed by atoms with van der Waals surface area (Å²) in [6, 6.07) is 16.2. The first kappa shape index (κ1) is 28.7. The molecule has 5 aromatic rings. The Morgan fingerprint density at radius 2 is 1.93 bits per heavy atom. The lowest BCUT2D eigenvalue weighted by Gasteiger charge is -2.29. The van der Waals surface area contributed by atoms with Crippen LogP contribution in [0.2, 0.25) is 0 Å². The molecule has 0 spiro atoms. The Kier molecular flexibility index (Phi) is 7.20. The van der Waals surface area contributed by atoms with E-state index in [2.05, 4.69) is 31.7 Å². The van der Waals surface area contributed by atoms with Gasteiger partial charge in [-0.3, -0.25) is 9.47 Å². The Bertz CT molecular complexity index is 1900. The molecule has 1 amide bonds. The van der Waals surface area contributed by atoms with Gasteiger partial charge in [0.05, 0.1) is 29.3 Å². The van der Waals surface area contributed by atoms with Crippen molar-refractivity contribution in [2.24, 2.45) is 0 Å². The lowest BCUT2D eigenvalue weighted by Crippen LogP contribution is -2.37. The fourth-order valence-electron chi connectivity index (χ4n) is 5.24. The number of nitrogens with one attached hydrogen (secondary N) is 1. The monoisotopic (exact) mass is 594 g/mol. The maximum absolute atomic E-state index is 14.9. The van der Waals surface area contributed by atoms with Crippen LogP contribution in [0.1, 0.15) is 55.9 Å². The first-order chi connectivity index (χ1) is 21.0. The fourth-order valence-corrected chi connectivity index (χ4v) is 5.24. The second-order valence-electron chi connectivity index (χ2n) is 11.8. The third-order valence-corrected chi connectivity index (χ3v) is 7.19. The fraction of sp³-hybridized carbons (Fsp3) is 0.323. The molecule has 0 unspecified atom stereocenters. The Morgan fingerprint density at radius 1 is 1.11 bits per heavy atom. The minimum absolute atomic E-state index is 0.0772. The summed E-state index contributed by atoms with van der Waals surface area (Å²) in [6.07, 6.45) is -0.0924. The third-order valence-electron chi connectivity index (χ3n) is 7.19. The van der Waals surface area contributed by atoms with Crippen LogP contribution in [0, 0.1) is 25.2 Å². The number of halogens is 1. The van der Waals surface area contributed by atoms with Crippen molar-refractivity contribution in [3.8, 4) is 17.7 Å². The van der Waals surface area contributed by atoms with E-state index in [-0.39, 0.29) is 18.7 Å². The number of carbonyl (C=O) groups excluding carboxylic acids is 1. The number of ether oxygens (including phenoxy) is 1. The number of rotatable bonds is 5. The standard InChI is InChI=1S/C31H31FN10O2/c1-18-6-10-27(38-37-18)35-21-7-9-25-24(14-21)34-17-41(25)28-11-8-23(29(36-28)42-19(2)12-22(15-33)39-42)26-13-20(32)16-40(26)30(43)44-31(3,4)5/h6-12,14,17,20,26H,13,16H2,1-5H3,(H,35,38)/t20-,26-/m1/s1. The van der Waals surface area contributed by atoms with E-state index < -0.39 is 23.9 Å². The zero-order valence-corrected chi connectivity index (χ0v) is 25.0. The molecule has 0 radical (unpaired) electrons. The molecule has 1 saturated heterocycles. The molecule has 1 aliphatic heterocycles. The number of hydrogen-bond acceptors (Lipinski definition) is 9. The van der Waals surface area contributed by atoms with E-state index in [4.69, 9.17) is 9.72 Å². The number of carbonyl (C=O) groups is 1. The molecule has 1 aliphatic rings. The van der Waals surface area contributed by atoms with Crippen LogP contribution in [0.15, 0.2) is 54.9 Å². The van der Waals surface area contributed by atoms with Gasteiger partial charge in [-0.25, -0.2) is 23.8 Å². The first-order valence-electron chi connectivity index (χ1n) is 14.2. The van der Waals surface area contributed by atoms with Crippen LogP contribution in [-0.2, 0) is 4.74 Å². The molecule has 1 aromatic carbocycles. The molecule has 4 aromatic heterocycles. The van der Waals surface area contributed by atoms with Crippen molar-refractivity contribution in [1.29, 1.82) is 5.26 Å². The lowest BCUT2D eigenvalue weighted by atomic mass is 10.0. The number of amides is 1. The Morgan fingerprint density at radius 3 is 2.64 bits per heavy atom. The molecule has 0 saturated carbocycles. The largest absolute Gasteiger partial charge is 0.444 e. The maximum Gasteiger partial charge on any atom is 0.410 e. The summed E-state index contributed by atoms with van der Waals surface area (Å²) >= 11 is 0. The van der Waals surface area contributed by atoms with Gasteiger partial charge in [0.25, 0.3) is 0 Å². The molecule has 6 rings (SSSR count). The summed E-state index contributed by atoms with van der Waals surface area (Å²) in [6.45, 7) is 8.90. The van der Waals surface area contributed by atoms with Crippen molar-refractivity contribution < 1.29 is 13.9 Å². The minimum Gasteiger partial charge on any atom is -0.444 e. The molecule has 0 bridgehead atoms. The number of aromatic nitrogens is 7. The van der Waals surface area contributed by atoms with E-state index in [9.17, 15) is 14.4 Å². The highest BCUT2D eigenvalue weighted by atomic mass is 19.1. The minimum atomic E-state index is -1.24. The van der Waals surface area contributed by atoms with Crippen LogP contribution >= 0.6 is 0 Å². The number of fused-ring (bicyclic) bond motifs is 1. The number of likely N-dealkylation sites (tertiary alicyclic amines) is 1. The van der Waals surface area contributed by atoms with Gasteiger partial charge in [0.1, 0.15) is 30.0 Å². The van der Waals surface area contributed by atoms with Crippen molar-refractivity contribution in [3.05, 3.63) is 77.5 Å². The molecule has 0 aliphatic carbocycles. The molecule has 5 heterocycles. The van der Waals surface area contributed by atoms with E-state index in [1.165, 1.54) is 4.90 Å². The molecule has 13 heteroatoms. The predicted octanol–water partition coefficient (Wildman–Crippen LogP) is 5.65. The molecular formula is C31H31FN10O2. The van der Waals surface area contributed by atoms with Gasteiger partial charge in [-0.05, 0) is 83.1 Å². The molecule has 224 valence electrons. The average molecular weight is 595 g/mol. The summed E-state index contributed by atoms with van der Waals surface area (Å²) in [7, 11) is 0. The van der Waals surface area contributed by atoms with Crippen molar-refractivity contribution in [2.45, 2.75) is 58.9 Å². The average Bonchev–Trinajstić information content (AvgIpc) is 3.69. The highest BCUT2D eigenvalue weighted by molar-refractivity contribution is 5.82. The van der Waals surface area contributed by atoms with Crippen molar-refractivity contribution >= 4 is 28.6 Å². The Labute approximate surface area is 253 Å². The van der Waals surface area contributed by atoms with Crippen LogP contribution in [-0.4, -0.2) is 63.8 Å². The van der Waals surface area contributed by atoms with Gasteiger partial charge in [0.2, 0.25) is 0 Å². The summed E-state index contributed by atoms with van der Waals surface area (Å²) in [5, 5.41) is 25.4. The van der Waals surface area contributed by atoms with Gasteiger partial charge in [0.15, 0.2) is 17.3 Å². The number of pyridine rings is 1. The lowest BCUT2D eigenvalue weighted by molar-refractivity contribution is 0.0216. The Balaban J connectivity index is 1.41. The number of nitrogens with zero attached hydrogens (tertiary/aromatic N) is 9. The van der Waals surface area contributed by atoms with E-state index in [1.807, 2.05) is 54.8 Å². The molecule has 44 heavy (non-hydrogen) atoms. The predicted molar refractivity (Wildman–Crippen MR) is 161 cm³/mol. The van der Waals surface area contributed by atoms with Crippen molar-refractivity contribution in [3.63, 3.8) is 0 Å². The van der Waals surface area contributed by atoms with Crippen LogP contribution in [0.4, 0.5) is 20.7 Å². The number of alkyl halides is 1. The second kappa shape index (κ2) is 11.0. The van der Waals surface area contributed by atoms with Gasteiger partial charge >= 0.3 is 6.09 Å². The van der Waals surface area contributed by atoms with E-state index in [0.717, 1.165) is 22.4 Å². The van der Waals surface area contributed by atoms with E-state index in [0.29, 0.717) is 28.7 Å². The van der Waals surface area contributed by atoms with Crippen molar-refractivity contribution in [1.82, 2.24) is 39.4 Å². The quantitative estimate of drug-likeness (QED) is 0.273. The number of anilines is 2. The normalized spacial score (nSPS) is 16.7. The topological polar surface area (TPSA) is 140 Å². The molecule has 12 nitrogen and oxygen atoms in total. The number of nitriles is 1. The molecular weight excluding hydrogens is 563 g/mol. The highest BCUT2D eigenvalue weighted by Crippen LogP contribution is 2.38. The van der Waals surface area contributed by atoms with Crippen LogP contribution < -0.4 is 5.32 Å². The third kappa shape index (κ3) is 5.66. The van der Waals surface area contributed by atoms with Crippen LogP contribution in [0.3, 0.4) is 0 Å². The van der Waals surface area contributed by atoms with Crippen LogP contribution in [0.5, 0.6) is 0 Å². The maximum atomic E-state index is 14.9. The summed E-state index contributed by atoms with van der Waals surface area (Å²) < 4.78 is 23.9. The van der Waals surface area contributed by atoms with Gasteiger partial charge in [0, 0.05) is 23.4 Å². The number of benzene rings is 1. The Hall–Kier alpha value is -5.38. The number of hydrogen-bond donors (Lipinski definition) is 1. The summed E-state index contributed by atoms with van der Waals surface area (Å²) in [5.74, 6) is 1.53. The van der Waals surface area contributed by atoms with Gasteiger partial charge in [-0.15, -0.1) is 5.10 Å². The second-order valence-corrected chi connectivity index (χ2v) is 11.8. The van der Waals surface area contributed by atoms with E-state index in [1.54, 1.807) is 43.9 Å². The molecule has 1 N–H and O–H groups in total. The SMILES string of the molecule is Cc1ccc(Nc2ccc3c(c2)ncn3-c2ccc([C@H]3C[C@@H](F)CN3C(=O)OC(C)(C)C)c(-n3nc(C#N)cc3C)n2)nn1. The van der Waals surface area contributed by atoms with Gasteiger partial charge < -0.3 is 10.1 Å². The smallest absolute Gasteiger partial charge is 0.410 e. The zero-order valence-electron chi connectivity index (χ0n) is 25.0. The van der Waals surface area contributed by atoms with Crippen LogP contribution in [0.25, 0.3) is 22.7 Å². The molecule has 2 atom stereocenters. The van der Waals surface area contributed by atoms with Crippen molar-refractivity contribution in [2.75, 3.05) is 11.9 Å². The first-order valence-corrected chi connectivity index (χ1v) is 14.2. The van der Waals surface area contributed by atoms with Gasteiger partial charge in [-0.2, -0.15) is 15.5 Å². The van der Waals surface area contributed by atoms with Gasteiger partial charge in [-0.1, -0.05) is 0 Å². The summed E-state index contributed by atoms with van der Waals surface area (Å²) in [4.78, 5) is 24.1. The number of aryl methyl sites for hydroxylation is 2. The highest BCUT2D eigenvalue weighted by Gasteiger charge is 2.40. The van der Waals surface area contributed by atoms with E-state index >= 15 is 0 Å². The zero-order chi connectivity index (χ0) is 31.2. The summed E-state index contributed by atoms with van der Waals surface area (Å²) in [5.41, 5.74) is 3.86. The number of imidazole rings is 1. The molecule has 1 fully saturated rings.